The largest absolute Gasteiger partial charge is 0.387 e. The molecule has 16 heavy (non-hydrogen) atoms. The van der Waals surface area contributed by atoms with Gasteiger partial charge in [0, 0.05) is 19.8 Å². The molecule has 1 aromatic heterocycles. The van der Waals surface area contributed by atoms with Gasteiger partial charge in [0.1, 0.15) is 6.61 Å². The summed E-state index contributed by atoms with van der Waals surface area (Å²) in [5.41, 5.74) is 2.57. The van der Waals surface area contributed by atoms with Crippen LogP contribution in [0.25, 0.3) is 11.0 Å². The van der Waals surface area contributed by atoms with Gasteiger partial charge in [0.05, 0.1) is 17.4 Å². The molecule has 0 bridgehead atoms. The Morgan fingerprint density at radius 2 is 2.31 bits per heavy atom. The summed E-state index contributed by atoms with van der Waals surface area (Å²) in [5.74, 6) is -0.338. The third-order valence-electron chi connectivity index (χ3n) is 2.61. The first-order chi connectivity index (χ1) is 7.63. The van der Waals surface area contributed by atoms with Crippen molar-refractivity contribution in [3.63, 3.8) is 0 Å². The van der Waals surface area contributed by atoms with Crippen molar-refractivity contribution in [1.29, 1.82) is 0 Å². The van der Waals surface area contributed by atoms with Crippen LogP contribution < -0.4 is 4.90 Å². The molecule has 0 spiro atoms. The lowest BCUT2D eigenvalue weighted by atomic mass is 10.2. The van der Waals surface area contributed by atoms with Crippen molar-refractivity contribution in [2.24, 2.45) is 7.05 Å². The van der Waals surface area contributed by atoms with E-state index in [1.165, 1.54) is 4.90 Å². The molecule has 5 nitrogen and oxygen atoms in total. The zero-order valence-corrected chi connectivity index (χ0v) is 9.21. The number of fused-ring (bicyclic) bond motifs is 1. The van der Waals surface area contributed by atoms with Crippen LogP contribution in [-0.2, 0) is 11.8 Å². The quantitative estimate of drug-likeness (QED) is 0.801. The monoisotopic (exact) mass is 219 g/mol. The molecule has 0 aliphatic rings. The summed E-state index contributed by atoms with van der Waals surface area (Å²) in [6.07, 6.45) is 1.72. The molecule has 2 rings (SSSR count). The van der Waals surface area contributed by atoms with E-state index in [2.05, 4.69) is 4.98 Å². The molecule has 84 valence electrons. The second kappa shape index (κ2) is 3.94. The van der Waals surface area contributed by atoms with E-state index >= 15 is 0 Å². The highest BCUT2D eigenvalue weighted by molar-refractivity contribution is 5.95. The number of hydrogen-bond acceptors (Lipinski definition) is 3. The van der Waals surface area contributed by atoms with Gasteiger partial charge in [-0.05, 0) is 18.2 Å². The van der Waals surface area contributed by atoms with Crippen LogP contribution in [0.5, 0.6) is 0 Å². The van der Waals surface area contributed by atoms with Crippen molar-refractivity contribution in [2.45, 2.75) is 0 Å². The molecule has 0 aliphatic carbocycles. The SMILES string of the molecule is CN(C(=O)CO)c1ccc2c(c1)ncn2C. The average Bonchev–Trinajstić information content (AvgIpc) is 2.68. The molecule has 0 fully saturated rings. The fraction of sp³-hybridized carbons (Fsp3) is 0.273. The zero-order chi connectivity index (χ0) is 11.7. The van der Waals surface area contributed by atoms with E-state index in [0.29, 0.717) is 0 Å². The van der Waals surface area contributed by atoms with Crippen LogP contribution in [0.2, 0.25) is 0 Å². The Kier molecular flexibility index (Phi) is 2.62. The number of carbonyl (C=O) groups excluding carboxylic acids is 1. The van der Waals surface area contributed by atoms with Crippen molar-refractivity contribution in [3.05, 3.63) is 24.5 Å². The number of aromatic nitrogens is 2. The Morgan fingerprint density at radius 1 is 1.56 bits per heavy atom. The number of aliphatic hydroxyl groups excluding tert-OH is 1. The summed E-state index contributed by atoms with van der Waals surface area (Å²) in [6.45, 7) is -0.489. The summed E-state index contributed by atoms with van der Waals surface area (Å²) in [4.78, 5) is 16.9. The number of aliphatic hydroxyl groups is 1. The van der Waals surface area contributed by atoms with Gasteiger partial charge in [-0.3, -0.25) is 4.79 Å². The van der Waals surface area contributed by atoms with Gasteiger partial charge in [-0.2, -0.15) is 0 Å². The second-order valence-corrected chi connectivity index (χ2v) is 3.64. The van der Waals surface area contributed by atoms with Crippen molar-refractivity contribution < 1.29 is 9.90 Å². The van der Waals surface area contributed by atoms with Crippen LogP contribution in [0.1, 0.15) is 0 Å². The molecule has 0 atom stereocenters. The van der Waals surface area contributed by atoms with Crippen LogP contribution >= 0.6 is 0 Å². The Morgan fingerprint density at radius 3 is 3.00 bits per heavy atom. The Balaban J connectivity index is 2.43. The molecule has 1 aromatic carbocycles. The molecular formula is C11H13N3O2. The van der Waals surface area contributed by atoms with Crippen LogP contribution in [0, 0.1) is 0 Å². The fourth-order valence-electron chi connectivity index (χ4n) is 1.58. The van der Waals surface area contributed by atoms with Crippen LogP contribution in [0.4, 0.5) is 5.69 Å². The van der Waals surface area contributed by atoms with Crippen molar-refractivity contribution >= 4 is 22.6 Å². The smallest absolute Gasteiger partial charge is 0.252 e. The molecule has 2 aromatic rings. The fourth-order valence-corrected chi connectivity index (χ4v) is 1.58. The molecule has 0 saturated heterocycles. The van der Waals surface area contributed by atoms with Gasteiger partial charge < -0.3 is 14.6 Å². The highest BCUT2D eigenvalue weighted by atomic mass is 16.3. The number of nitrogens with zero attached hydrogens (tertiary/aromatic N) is 3. The number of carbonyl (C=O) groups is 1. The van der Waals surface area contributed by atoms with E-state index in [0.717, 1.165) is 16.7 Å². The van der Waals surface area contributed by atoms with Gasteiger partial charge in [-0.25, -0.2) is 4.98 Å². The minimum absolute atomic E-state index is 0.338. The standard InChI is InChI=1S/C11H13N3O2/c1-13-7-12-9-5-8(3-4-10(9)13)14(2)11(16)6-15/h3-5,7,15H,6H2,1-2H3. The van der Waals surface area contributed by atoms with Crippen LogP contribution in [0.15, 0.2) is 24.5 Å². The van der Waals surface area contributed by atoms with E-state index in [4.69, 9.17) is 5.11 Å². The maximum absolute atomic E-state index is 11.3. The first kappa shape index (κ1) is 10.6. The molecular weight excluding hydrogens is 206 g/mol. The number of likely N-dealkylation sites (N-methyl/N-ethyl adjacent to an activating group) is 1. The molecule has 1 amide bonds. The van der Waals surface area contributed by atoms with E-state index in [1.807, 2.05) is 29.8 Å². The lowest BCUT2D eigenvalue weighted by Crippen LogP contribution is -2.28. The Bertz CT molecular complexity index is 533. The van der Waals surface area contributed by atoms with Crippen LogP contribution in [0.3, 0.4) is 0 Å². The maximum Gasteiger partial charge on any atom is 0.252 e. The van der Waals surface area contributed by atoms with Gasteiger partial charge >= 0.3 is 0 Å². The lowest BCUT2D eigenvalue weighted by Gasteiger charge is -2.15. The number of amides is 1. The van der Waals surface area contributed by atoms with E-state index in [9.17, 15) is 4.79 Å². The third-order valence-corrected chi connectivity index (χ3v) is 2.61. The Hall–Kier alpha value is -1.88. The molecule has 0 radical (unpaired) electrons. The molecule has 5 heteroatoms. The number of imidazole rings is 1. The number of aryl methyl sites for hydroxylation is 1. The van der Waals surface area contributed by atoms with Gasteiger partial charge in [-0.1, -0.05) is 0 Å². The first-order valence-electron chi connectivity index (χ1n) is 4.92. The van der Waals surface area contributed by atoms with E-state index in [-0.39, 0.29) is 5.91 Å². The van der Waals surface area contributed by atoms with Crippen molar-refractivity contribution in [3.8, 4) is 0 Å². The molecule has 0 aliphatic heterocycles. The predicted molar refractivity (Wildman–Crippen MR) is 61.2 cm³/mol. The molecule has 1 N–H and O–H groups in total. The summed E-state index contributed by atoms with van der Waals surface area (Å²) >= 11 is 0. The summed E-state index contributed by atoms with van der Waals surface area (Å²) < 4.78 is 1.91. The van der Waals surface area contributed by atoms with Crippen LogP contribution in [-0.4, -0.2) is 34.2 Å². The topological polar surface area (TPSA) is 58.4 Å². The average molecular weight is 219 g/mol. The lowest BCUT2D eigenvalue weighted by molar-refractivity contribution is -0.120. The van der Waals surface area contributed by atoms with Gasteiger partial charge in [0.2, 0.25) is 0 Å². The first-order valence-corrected chi connectivity index (χ1v) is 4.92. The highest BCUT2D eigenvalue weighted by Gasteiger charge is 2.10. The predicted octanol–water partition coefficient (Wildman–Crippen LogP) is 0.528. The Labute approximate surface area is 92.9 Å². The second-order valence-electron chi connectivity index (χ2n) is 3.64. The van der Waals surface area contributed by atoms with Gasteiger partial charge in [-0.15, -0.1) is 0 Å². The van der Waals surface area contributed by atoms with Gasteiger partial charge in [0.25, 0.3) is 5.91 Å². The zero-order valence-electron chi connectivity index (χ0n) is 9.21. The minimum atomic E-state index is -0.489. The van der Waals surface area contributed by atoms with Crippen molar-refractivity contribution in [1.82, 2.24) is 9.55 Å². The van der Waals surface area contributed by atoms with E-state index in [1.54, 1.807) is 13.4 Å². The summed E-state index contributed by atoms with van der Waals surface area (Å²) in [7, 11) is 3.54. The van der Waals surface area contributed by atoms with E-state index < -0.39 is 6.61 Å². The number of hydrogen-bond donors (Lipinski definition) is 1. The van der Waals surface area contributed by atoms with Gasteiger partial charge in [0.15, 0.2) is 0 Å². The maximum atomic E-state index is 11.3. The minimum Gasteiger partial charge on any atom is -0.387 e. The normalized spacial score (nSPS) is 10.7. The molecule has 1 heterocycles. The molecule has 0 unspecified atom stereocenters. The third kappa shape index (κ3) is 1.65. The number of anilines is 1. The molecule has 0 saturated carbocycles. The summed E-state index contributed by atoms with van der Waals surface area (Å²) in [5, 5.41) is 8.77. The number of rotatable bonds is 2. The number of benzene rings is 1. The highest BCUT2D eigenvalue weighted by Crippen LogP contribution is 2.19. The van der Waals surface area contributed by atoms with Crippen molar-refractivity contribution in [2.75, 3.05) is 18.6 Å². The summed E-state index contributed by atoms with van der Waals surface area (Å²) in [6, 6.07) is 5.55.